The molecule has 1 saturated heterocycles. The number of benzene rings is 1. The minimum Gasteiger partial charge on any atom is -0.377 e. The first-order valence-corrected chi connectivity index (χ1v) is 6.61. The summed E-state index contributed by atoms with van der Waals surface area (Å²) in [5, 5.41) is 0. The summed E-state index contributed by atoms with van der Waals surface area (Å²) in [5.41, 5.74) is 1.83. The van der Waals surface area contributed by atoms with Crippen LogP contribution in [-0.4, -0.2) is 32.1 Å². The second-order valence-corrected chi connectivity index (χ2v) is 5.16. The molecule has 0 radical (unpaired) electrons. The fourth-order valence-electron chi connectivity index (χ4n) is 2.07. The molecule has 0 N–H and O–H groups in total. The Balaban J connectivity index is 2.23. The van der Waals surface area contributed by atoms with Crippen LogP contribution in [0.25, 0.3) is 0 Å². The molecule has 1 aromatic carbocycles. The van der Waals surface area contributed by atoms with Crippen LogP contribution in [-0.2, 0) is 4.74 Å². The highest BCUT2D eigenvalue weighted by Gasteiger charge is 2.17. The van der Waals surface area contributed by atoms with Crippen LogP contribution in [0.1, 0.15) is 23.7 Å². The second kappa shape index (κ2) is 5.65. The summed E-state index contributed by atoms with van der Waals surface area (Å²) in [4.78, 5) is 13.0. The molecule has 0 saturated carbocycles. The second-order valence-electron chi connectivity index (χ2n) is 4.31. The van der Waals surface area contributed by atoms with E-state index in [0.29, 0.717) is 5.56 Å². The summed E-state index contributed by atoms with van der Waals surface area (Å²) in [6.07, 6.45) is 2.14. The molecule has 1 fully saturated rings. The van der Waals surface area contributed by atoms with Gasteiger partial charge in [-0.3, -0.25) is 4.79 Å². The van der Waals surface area contributed by atoms with E-state index in [1.54, 1.807) is 0 Å². The Labute approximate surface area is 110 Å². The lowest BCUT2D eigenvalue weighted by Gasteiger charge is -2.25. The third-order valence-corrected chi connectivity index (χ3v) is 3.54. The first-order chi connectivity index (χ1) is 8.20. The van der Waals surface area contributed by atoms with Crippen LogP contribution in [0.5, 0.6) is 0 Å². The van der Waals surface area contributed by atoms with E-state index in [-0.39, 0.29) is 6.10 Å². The summed E-state index contributed by atoms with van der Waals surface area (Å²) < 4.78 is 6.59. The molecule has 1 atom stereocenters. The maximum absolute atomic E-state index is 10.7. The maximum Gasteiger partial charge on any atom is 0.150 e. The molecule has 2 rings (SSSR count). The van der Waals surface area contributed by atoms with Gasteiger partial charge in [0.15, 0.2) is 0 Å². The Morgan fingerprint density at radius 1 is 1.53 bits per heavy atom. The number of aldehydes is 1. The van der Waals surface area contributed by atoms with E-state index in [9.17, 15) is 4.79 Å². The van der Waals surface area contributed by atoms with Crippen molar-refractivity contribution in [3.63, 3.8) is 0 Å². The number of rotatable bonds is 2. The first kappa shape index (κ1) is 12.6. The molecular weight excluding hydrogens is 282 g/mol. The summed E-state index contributed by atoms with van der Waals surface area (Å²) >= 11 is 3.53. The molecule has 92 valence electrons. The SMILES string of the molecule is CC1CN(c2ccc(C=O)cc2Br)CCCO1. The van der Waals surface area contributed by atoms with Crippen LogP contribution in [0.2, 0.25) is 0 Å². The van der Waals surface area contributed by atoms with Crippen molar-refractivity contribution < 1.29 is 9.53 Å². The minimum absolute atomic E-state index is 0.246. The minimum atomic E-state index is 0.246. The van der Waals surface area contributed by atoms with Crippen LogP contribution in [0.15, 0.2) is 22.7 Å². The van der Waals surface area contributed by atoms with Gasteiger partial charge in [0.2, 0.25) is 0 Å². The van der Waals surface area contributed by atoms with Crippen molar-refractivity contribution in [3.8, 4) is 0 Å². The van der Waals surface area contributed by atoms with Gasteiger partial charge in [-0.15, -0.1) is 0 Å². The third-order valence-electron chi connectivity index (χ3n) is 2.90. The molecule has 0 bridgehead atoms. The monoisotopic (exact) mass is 297 g/mol. The quantitative estimate of drug-likeness (QED) is 0.786. The summed E-state index contributed by atoms with van der Waals surface area (Å²) in [6.45, 7) is 4.79. The van der Waals surface area contributed by atoms with Gasteiger partial charge in [-0.25, -0.2) is 0 Å². The van der Waals surface area contributed by atoms with Crippen molar-refractivity contribution in [2.75, 3.05) is 24.6 Å². The maximum atomic E-state index is 10.7. The molecule has 3 nitrogen and oxygen atoms in total. The average Bonchev–Trinajstić information content (AvgIpc) is 2.53. The van der Waals surface area contributed by atoms with Gasteiger partial charge in [-0.2, -0.15) is 0 Å². The van der Waals surface area contributed by atoms with E-state index < -0.39 is 0 Å². The summed E-state index contributed by atoms with van der Waals surface area (Å²) in [5.74, 6) is 0. The molecule has 0 amide bonds. The molecule has 1 aromatic rings. The average molecular weight is 298 g/mol. The van der Waals surface area contributed by atoms with E-state index in [0.717, 1.165) is 42.6 Å². The van der Waals surface area contributed by atoms with Gasteiger partial charge < -0.3 is 9.64 Å². The van der Waals surface area contributed by atoms with Gasteiger partial charge in [-0.05, 0) is 47.5 Å². The Kier molecular flexibility index (Phi) is 4.18. The number of carbonyl (C=O) groups excluding carboxylic acids is 1. The number of ether oxygens (including phenoxy) is 1. The summed E-state index contributed by atoms with van der Waals surface area (Å²) in [6, 6.07) is 5.70. The van der Waals surface area contributed by atoms with Gasteiger partial charge in [-0.1, -0.05) is 0 Å². The lowest BCUT2D eigenvalue weighted by Crippen LogP contribution is -2.30. The number of carbonyl (C=O) groups is 1. The Hall–Kier alpha value is -0.870. The molecule has 4 heteroatoms. The molecule has 0 aliphatic carbocycles. The normalized spacial score (nSPS) is 21.1. The highest BCUT2D eigenvalue weighted by molar-refractivity contribution is 9.10. The molecule has 0 aromatic heterocycles. The lowest BCUT2D eigenvalue weighted by molar-refractivity contribution is 0.0820. The van der Waals surface area contributed by atoms with Crippen LogP contribution < -0.4 is 4.90 Å². The molecule has 1 unspecified atom stereocenters. The molecule has 1 heterocycles. The van der Waals surface area contributed by atoms with Crippen molar-refractivity contribution in [1.82, 2.24) is 0 Å². The smallest absolute Gasteiger partial charge is 0.150 e. The fourth-order valence-corrected chi connectivity index (χ4v) is 2.71. The van der Waals surface area contributed by atoms with Gasteiger partial charge in [0, 0.05) is 29.7 Å². The zero-order valence-corrected chi connectivity index (χ0v) is 11.4. The first-order valence-electron chi connectivity index (χ1n) is 5.82. The largest absolute Gasteiger partial charge is 0.377 e. The van der Waals surface area contributed by atoms with Crippen LogP contribution in [0, 0.1) is 0 Å². The highest BCUT2D eigenvalue weighted by atomic mass is 79.9. The number of hydrogen-bond donors (Lipinski definition) is 0. The van der Waals surface area contributed by atoms with Gasteiger partial charge in [0.25, 0.3) is 0 Å². The van der Waals surface area contributed by atoms with E-state index >= 15 is 0 Å². The molecule has 0 spiro atoms. The topological polar surface area (TPSA) is 29.5 Å². The van der Waals surface area contributed by atoms with E-state index in [1.807, 2.05) is 18.2 Å². The van der Waals surface area contributed by atoms with Crippen molar-refractivity contribution in [2.45, 2.75) is 19.4 Å². The van der Waals surface area contributed by atoms with E-state index in [2.05, 4.69) is 27.8 Å². The number of hydrogen-bond acceptors (Lipinski definition) is 3. The standard InChI is InChI=1S/C13H16BrNO2/c1-10-8-15(5-2-6-17-10)13-4-3-11(9-16)7-12(13)14/h3-4,7,9-10H,2,5-6,8H2,1H3. The van der Waals surface area contributed by atoms with E-state index in [4.69, 9.17) is 4.74 Å². The van der Waals surface area contributed by atoms with Crippen molar-refractivity contribution in [2.24, 2.45) is 0 Å². The predicted octanol–water partition coefficient (Wildman–Crippen LogP) is 2.88. The van der Waals surface area contributed by atoms with Crippen molar-refractivity contribution >= 4 is 27.9 Å². The fraction of sp³-hybridized carbons (Fsp3) is 0.462. The van der Waals surface area contributed by atoms with Gasteiger partial charge in [0.05, 0.1) is 11.8 Å². The van der Waals surface area contributed by atoms with Crippen molar-refractivity contribution in [3.05, 3.63) is 28.2 Å². The van der Waals surface area contributed by atoms with Crippen LogP contribution in [0.3, 0.4) is 0 Å². The third kappa shape index (κ3) is 3.07. The Bertz CT molecular complexity index is 408. The lowest BCUT2D eigenvalue weighted by atomic mass is 10.2. The predicted molar refractivity (Wildman–Crippen MR) is 71.8 cm³/mol. The van der Waals surface area contributed by atoms with Crippen LogP contribution >= 0.6 is 15.9 Å². The Morgan fingerprint density at radius 3 is 3.06 bits per heavy atom. The van der Waals surface area contributed by atoms with Gasteiger partial charge >= 0.3 is 0 Å². The Morgan fingerprint density at radius 2 is 2.35 bits per heavy atom. The molecule has 17 heavy (non-hydrogen) atoms. The highest BCUT2D eigenvalue weighted by Crippen LogP contribution is 2.28. The summed E-state index contributed by atoms with van der Waals surface area (Å²) in [7, 11) is 0. The zero-order chi connectivity index (χ0) is 12.3. The molecule has 1 aliphatic heterocycles. The van der Waals surface area contributed by atoms with Crippen LogP contribution in [0.4, 0.5) is 5.69 Å². The number of anilines is 1. The number of halogens is 1. The van der Waals surface area contributed by atoms with Gasteiger partial charge in [0.1, 0.15) is 6.29 Å². The van der Waals surface area contributed by atoms with Crippen molar-refractivity contribution in [1.29, 1.82) is 0 Å². The molecule has 1 aliphatic rings. The number of nitrogens with zero attached hydrogens (tertiary/aromatic N) is 1. The molecular formula is C13H16BrNO2. The van der Waals surface area contributed by atoms with E-state index in [1.165, 1.54) is 0 Å². The zero-order valence-electron chi connectivity index (χ0n) is 9.86.